The van der Waals surface area contributed by atoms with Crippen LogP contribution in [0, 0.1) is 17.5 Å². The highest BCUT2D eigenvalue weighted by molar-refractivity contribution is 6.78. The molecule has 0 saturated heterocycles. The molecule has 0 amide bonds. The van der Waals surface area contributed by atoms with Crippen LogP contribution in [0.4, 0.5) is 13.2 Å². The molecule has 0 unspecified atom stereocenters. The van der Waals surface area contributed by atoms with E-state index in [0.29, 0.717) is 11.0 Å². The van der Waals surface area contributed by atoms with Gasteiger partial charge < -0.3 is 10.1 Å². The van der Waals surface area contributed by atoms with E-state index in [2.05, 4.69) is 0 Å². The maximum Gasteiger partial charge on any atom is 0.359 e. The van der Waals surface area contributed by atoms with Gasteiger partial charge in [-0.1, -0.05) is 24.3 Å². The maximum atomic E-state index is 13.1. The zero-order valence-corrected chi connectivity index (χ0v) is 9.78. The van der Waals surface area contributed by atoms with E-state index in [9.17, 15) is 18.2 Å². The van der Waals surface area contributed by atoms with Crippen molar-refractivity contribution >= 4 is 17.8 Å². The average molecular weight is 266 g/mol. The van der Waals surface area contributed by atoms with Gasteiger partial charge in [0.2, 0.25) is 0 Å². The first kappa shape index (κ1) is 13.6. The molecule has 2 rings (SSSR count). The largest absolute Gasteiger partial charge is 0.443 e. The minimum Gasteiger partial charge on any atom is -0.443 e. The van der Waals surface area contributed by atoms with E-state index < -0.39 is 24.4 Å². The van der Waals surface area contributed by atoms with Crippen LogP contribution >= 0.6 is 0 Å². The van der Waals surface area contributed by atoms with Gasteiger partial charge in [0, 0.05) is 0 Å². The monoisotopic (exact) mass is 266 g/mol. The van der Waals surface area contributed by atoms with Crippen molar-refractivity contribution in [2.24, 2.45) is 0 Å². The highest BCUT2D eigenvalue weighted by atomic mass is 19.2. The van der Waals surface area contributed by atoms with Crippen molar-refractivity contribution in [3.8, 4) is 0 Å². The molecule has 19 heavy (non-hydrogen) atoms. The lowest BCUT2D eigenvalue weighted by molar-refractivity contribution is 0.282. The minimum atomic E-state index is -1.56. The normalized spacial score (nSPS) is 10.6. The smallest absolute Gasteiger partial charge is 0.359 e. The Balaban J connectivity index is 2.35. The summed E-state index contributed by atoms with van der Waals surface area (Å²) >= 11 is 0. The molecular weight excluding hydrogens is 256 g/mol. The molecule has 0 fully saturated rings. The Bertz CT molecular complexity index is 564. The first-order chi connectivity index (χ1) is 9.02. The highest BCUT2D eigenvalue weighted by Crippen LogP contribution is 2.08. The second kappa shape index (κ2) is 5.46. The molecule has 2 aromatic rings. The third-order valence-corrected chi connectivity index (χ3v) is 2.80. The van der Waals surface area contributed by atoms with Crippen LogP contribution in [0.25, 0.3) is 0 Å². The Morgan fingerprint density at radius 1 is 0.895 bits per heavy atom. The molecule has 0 aliphatic heterocycles. The third kappa shape index (κ3) is 2.80. The van der Waals surface area contributed by atoms with Gasteiger partial charge in [-0.3, -0.25) is 0 Å². The first-order valence-electron chi connectivity index (χ1n) is 5.55. The molecule has 0 radical (unpaired) electrons. The van der Waals surface area contributed by atoms with E-state index in [1.165, 1.54) is 12.1 Å². The summed E-state index contributed by atoms with van der Waals surface area (Å²) in [6.45, 7) is -1.41. The summed E-state index contributed by atoms with van der Waals surface area (Å²) in [5.74, 6) is -4.26. The zero-order chi connectivity index (χ0) is 14.0. The molecule has 0 saturated carbocycles. The lowest BCUT2D eigenvalue weighted by Crippen LogP contribution is -2.42. The molecule has 0 heterocycles. The number of hydrogen-bond acceptors (Lipinski definition) is 2. The van der Waals surface area contributed by atoms with Gasteiger partial charge in [0.1, 0.15) is 0 Å². The van der Waals surface area contributed by atoms with Gasteiger partial charge >= 0.3 is 6.92 Å². The number of aliphatic hydroxyl groups is 1. The van der Waals surface area contributed by atoms with Crippen LogP contribution in [0.1, 0.15) is 5.56 Å². The van der Waals surface area contributed by atoms with Crippen molar-refractivity contribution in [2.75, 3.05) is 0 Å². The summed E-state index contributed by atoms with van der Waals surface area (Å²) in [6, 6.07) is 7.71. The summed E-state index contributed by atoms with van der Waals surface area (Å²) in [4.78, 5) is 0. The quantitative estimate of drug-likeness (QED) is 0.634. The lowest BCUT2D eigenvalue weighted by Gasteiger charge is -2.09. The van der Waals surface area contributed by atoms with Crippen LogP contribution in [0.3, 0.4) is 0 Å². The Labute approximate surface area is 108 Å². The van der Waals surface area contributed by atoms with Crippen molar-refractivity contribution in [3.63, 3.8) is 0 Å². The van der Waals surface area contributed by atoms with Crippen molar-refractivity contribution < 1.29 is 23.3 Å². The fourth-order valence-electron chi connectivity index (χ4n) is 1.73. The zero-order valence-electron chi connectivity index (χ0n) is 9.78. The summed E-state index contributed by atoms with van der Waals surface area (Å²) in [7, 11) is 0. The number of rotatable bonds is 3. The molecular formula is C13H10BF3O2. The van der Waals surface area contributed by atoms with Crippen molar-refractivity contribution in [1.29, 1.82) is 0 Å². The SMILES string of the molecule is OCc1ccc(B(O)c2cc(F)c(F)c(F)c2)cc1. The van der Waals surface area contributed by atoms with Crippen LogP contribution in [0.15, 0.2) is 36.4 Å². The van der Waals surface area contributed by atoms with E-state index in [1.807, 2.05) is 0 Å². The fraction of sp³-hybridized carbons (Fsp3) is 0.0769. The number of halogens is 3. The Hall–Kier alpha value is -1.79. The molecule has 2 N–H and O–H groups in total. The van der Waals surface area contributed by atoms with Gasteiger partial charge in [0.15, 0.2) is 17.5 Å². The second-order valence-corrected chi connectivity index (χ2v) is 4.10. The second-order valence-electron chi connectivity index (χ2n) is 4.10. The first-order valence-corrected chi connectivity index (χ1v) is 5.55. The van der Waals surface area contributed by atoms with E-state index in [0.717, 1.165) is 12.1 Å². The van der Waals surface area contributed by atoms with Crippen LogP contribution in [0.5, 0.6) is 0 Å². The predicted octanol–water partition coefficient (Wildman–Crippen LogP) is 0.694. The minimum absolute atomic E-state index is 0.0758. The Morgan fingerprint density at radius 2 is 1.42 bits per heavy atom. The Kier molecular flexibility index (Phi) is 3.92. The highest BCUT2D eigenvalue weighted by Gasteiger charge is 2.21. The van der Waals surface area contributed by atoms with Gasteiger partial charge in [-0.25, -0.2) is 13.2 Å². The molecule has 0 aromatic heterocycles. The molecule has 98 valence electrons. The van der Waals surface area contributed by atoms with Gasteiger partial charge in [-0.05, 0) is 28.6 Å². The summed E-state index contributed by atoms with van der Waals surface area (Å²) in [5.41, 5.74) is 0.961. The fourth-order valence-corrected chi connectivity index (χ4v) is 1.73. The molecule has 0 aliphatic rings. The average Bonchev–Trinajstić information content (AvgIpc) is 2.43. The summed E-state index contributed by atoms with van der Waals surface area (Å²) in [6.07, 6.45) is 0. The molecule has 0 aliphatic carbocycles. The molecule has 6 heteroatoms. The van der Waals surface area contributed by atoms with Crippen LogP contribution < -0.4 is 10.9 Å². The van der Waals surface area contributed by atoms with Crippen molar-refractivity contribution in [2.45, 2.75) is 6.61 Å². The topological polar surface area (TPSA) is 40.5 Å². The molecule has 0 atom stereocenters. The molecule has 2 aromatic carbocycles. The van der Waals surface area contributed by atoms with Gasteiger partial charge in [-0.15, -0.1) is 0 Å². The molecule has 2 nitrogen and oxygen atoms in total. The van der Waals surface area contributed by atoms with Crippen LogP contribution in [-0.4, -0.2) is 17.0 Å². The lowest BCUT2D eigenvalue weighted by atomic mass is 9.56. The summed E-state index contributed by atoms with van der Waals surface area (Å²) < 4.78 is 39.0. The van der Waals surface area contributed by atoms with Crippen molar-refractivity contribution in [1.82, 2.24) is 0 Å². The number of benzene rings is 2. The van der Waals surface area contributed by atoms with Gasteiger partial charge in [0.25, 0.3) is 0 Å². The van der Waals surface area contributed by atoms with Gasteiger partial charge in [-0.2, -0.15) is 0 Å². The summed E-state index contributed by atoms with van der Waals surface area (Å²) in [5, 5.41) is 18.9. The van der Waals surface area contributed by atoms with E-state index >= 15 is 0 Å². The molecule has 0 bridgehead atoms. The van der Waals surface area contributed by atoms with Crippen molar-refractivity contribution in [3.05, 3.63) is 59.4 Å². The predicted molar refractivity (Wildman–Crippen MR) is 65.9 cm³/mol. The third-order valence-electron chi connectivity index (χ3n) is 2.80. The standard InChI is InChI=1S/C13H10BF3O2/c15-11-5-10(6-12(16)13(11)17)14(19)9-3-1-8(7-18)2-4-9/h1-6,18-19H,7H2. The Morgan fingerprint density at radius 3 is 1.89 bits per heavy atom. The van der Waals surface area contributed by atoms with E-state index in [-0.39, 0.29) is 12.1 Å². The number of aliphatic hydroxyl groups excluding tert-OH is 1. The van der Waals surface area contributed by atoms with Crippen LogP contribution in [0.2, 0.25) is 0 Å². The van der Waals surface area contributed by atoms with Gasteiger partial charge in [0.05, 0.1) is 6.61 Å². The van der Waals surface area contributed by atoms with E-state index in [1.54, 1.807) is 12.1 Å². The number of hydrogen-bond donors (Lipinski definition) is 2. The van der Waals surface area contributed by atoms with Crippen LogP contribution in [-0.2, 0) is 6.61 Å². The molecule has 0 spiro atoms. The maximum absolute atomic E-state index is 13.1. The van der Waals surface area contributed by atoms with E-state index in [4.69, 9.17) is 5.11 Å².